The van der Waals surface area contributed by atoms with Gasteiger partial charge in [-0.25, -0.2) is 0 Å². The number of benzene rings is 1. The van der Waals surface area contributed by atoms with E-state index in [1.807, 2.05) is 39.0 Å². The Labute approximate surface area is 123 Å². The Morgan fingerprint density at radius 1 is 1.35 bits per heavy atom. The van der Waals surface area contributed by atoms with Crippen molar-refractivity contribution in [3.63, 3.8) is 0 Å². The molecule has 8 heteroatoms. The molecule has 6 nitrogen and oxygen atoms in total. The van der Waals surface area contributed by atoms with E-state index in [0.717, 1.165) is 11.1 Å². The lowest BCUT2D eigenvalue weighted by molar-refractivity contribution is -0.777. The van der Waals surface area contributed by atoms with Gasteiger partial charge in [0.15, 0.2) is 5.08 Å². The van der Waals surface area contributed by atoms with Gasteiger partial charge in [-0.3, -0.25) is 5.04 Å². The van der Waals surface area contributed by atoms with Gasteiger partial charge < -0.3 is 9.44 Å². The van der Waals surface area contributed by atoms with Crippen molar-refractivity contribution in [3.05, 3.63) is 29.3 Å². The zero-order valence-corrected chi connectivity index (χ0v) is 13.1. The molecule has 0 aliphatic rings. The lowest BCUT2D eigenvalue weighted by atomic mass is 9.98. The van der Waals surface area contributed by atoms with E-state index >= 15 is 0 Å². The number of hydrogen-bond donors (Lipinski definition) is 0. The normalized spacial score (nSPS) is 11.8. The molecule has 114 valence electrons. The zero-order valence-electron chi connectivity index (χ0n) is 11.5. The molecule has 0 heterocycles. The molecular formula is C12H17O6S2-. The van der Waals surface area contributed by atoms with E-state index in [1.54, 1.807) is 0 Å². The molecule has 1 rings (SSSR count). The fourth-order valence-corrected chi connectivity index (χ4v) is 3.01. The van der Waals surface area contributed by atoms with Crippen molar-refractivity contribution in [2.75, 3.05) is 5.08 Å². The van der Waals surface area contributed by atoms with Crippen molar-refractivity contribution in [2.24, 2.45) is 0 Å². The van der Waals surface area contributed by atoms with Crippen LogP contribution in [-0.4, -0.2) is 13.5 Å². The van der Waals surface area contributed by atoms with Gasteiger partial charge in [-0.2, -0.15) is 12.8 Å². The third-order valence-corrected chi connectivity index (χ3v) is 4.72. The Kier molecular flexibility index (Phi) is 6.77. The Morgan fingerprint density at radius 3 is 2.60 bits per heavy atom. The zero-order chi connectivity index (χ0) is 15.2. The third kappa shape index (κ3) is 4.95. The minimum absolute atomic E-state index is 0.126. The van der Waals surface area contributed by atoms with Crippen molar-refractivity contribution >= 4 is 22.2 Å². The molecule has 0 bridgehead atoms. The van der Waals surface area contributed by atoms with Gasteiger partial charge in [-0.05, 0) is 23.5 Å². The summed E-state index contributed by atoms with van der Waals surface area (Å²) >= 11 is 0.359. The Bertz CT molecular complexity index is 527. The minimum Gasteiger partial charge on any atom is -0.691 e. The molecule has 0 saturated heterocycles. The molecule has 0 fully saturated rings. The van der Waals surface area contributed by atoms with Crippen molar-refractivity contribution in [2.45, 2.75) is 33.1 Å². The van der Waals surface area contributed by atoms with Crippen LogP contribution >= 0.6 is 12.0 Å². The Balaban J connectivity index is 3.00. The molecule has 0 spiro atoms. The fourth-order valence-electron chi connectivity index (χ4n) is 1.69. The van der Waals surface area contributed by atoms with E-state index in [4.69, 9.17) is 4.18 Å². The smallest absolute Gasteiger partial charge is 0.321 e. The van der Waals surface area contributed by atoms with Gasteiger partial charge in [0.25, 0.3) is 0 Å². The molecule has 0 amide bonds. The first kappa shape index (κ1) is 17.3. The second kappa shape index (κ2) is 7.84. The van der Waals surface area contributed by atoms with Crippen LogP contribution in [0.2, 0.25) is 0 Å². The highest BCUT2D eigenvalue weighted by molar-refractivity contribution is 8.08. The highest BCUT2D eigenvalue weighted by Crippen LogP contribution is 2.32. The van der Waals surface area contributed by atoms with E-state index in [-0.39, 0.29) is 5.92 Å². The molecule has 0 aliphatic heterocycles. The summed E-state index contributed by atoms with van der Waals surface area (Å²) in [6.45, 7) is 5.83. The van der Waals surface area contributed by atoms with Gasteiger partial charge in [0, 0.05) is 0 Å². The van der Waals surface area contributed by atoms with E-state index in [2.05, 4.69) is 9.37 Å². The molecule has 0 N–H and O–H groups in total. The van der Waals surface area contributed by atoms with Gasteiger partial charge in [0.2, 0.25) is 0 Å². The predicted octanol–water partition coefficient (Wildman–Crippen LogP) is 1.91. The van der Waals surface area contributed by atoms with Gasteiger partial charge in [-0.1, -0.05) is 39.0 Å². The summed E-state index contributed by atoms with van der Waals surface area (Å²) in [4.78, 5) is 0. The van der Waals surface area contributed by atoms with Crippen LogP contribution in [0.5, 0.6) is 5.75 Å². The van der Waals surface area contributed by atoms with Gasteiger partial charge >= 0.3 is 10.1 Å². The van der Waals surface area contributed by atoms with Crippen LogP contribution in [0.4, 0.5) is 0 Å². The first-order valence-corrected chi connectivity index (χ1v) is 8.52. The molecule has 0 radical (unpaired) electrons. The maximum atomic E-state index is 11.8. The van der Waals surface area contributed by atoms with Crippen LogP contribution in [0.15, 0.2) is 18.2 Å². The van der Waals surface area contributed by atoms with Gasteiger partial charge in [0.1, 0.15) is 5.75 Å². The summed E-state index contributed by atoms with van der Waals surface area (Å²) in [6.07, 6.45) is 0.652. The van der Waals surface area contributed by atoms with Crippen LogP contribution in [0, 0.1) is 0 Å². The van der Waals surface area contributed by atoms with E-state index < -0.39 is 15.2 Å². The fraction of sp³-hybridized carbons (Fsp3) is 0.500. The van der Waals surface area contributed by atoms with Crippen LogP contribution in [0.1, 0.15) is 37.8 Å². The quantitative estimate of drug-likeness (QED) is 0.238. The third-order valence-electron chi connectivity index (χ3n) is 2.61. The predicted molar refractivity (Wildman–Crippen MR) is 74.1 cm³/mol. The lowest BCUT2D eigenvalue weighted by Crippen LogP contribution is -2.15. The molecule has 0 unspecified atom stereocenters. The molecule has 0 aliphatic carbocycles. The van der Waals surface area contributed by atoms with E-state index in [9.17, 15) is 13.7 Å². The summed E-state index contributed by atoms with van der Waals surface area (Å²) in [5.41, 5.74) is 1.63. The number of aryl methyl sites for hydroxylation is 1. The number of hydrogen-bond acceptors (Lipinski definition) is 7. The second-order valence-electron chi connectivity index (χ2n) is 4.36. The van der Waals surface area contributed by atoms with Crippen LogP contribution < -0.4 is 9.44 Å². The summed E-state index contributed by atoms with van der Waals surface area (Å²) < 4.78 is 32.8. The van der Waals surface area contributed by atoms with Crippen LogP contribution in [0.25, 0.3) is 0 Å². The van der Waals surface area contributed by atoms with Gasteiger partial charge in [-0.15, -0.1) is 0 Å². The summed E-state index contributed by atoms with van der Waals surface area (Å²) in [7, 11) is -3.88. The molecule has 1 aromatic carbocycles. The van der Waals surface area contributed by atoms with Crippen LogP contribution in [0.3, 0.4) is 0 Å². The molecule has 20 heavy (non-hydrogen) atoms. The standard InChI is InChI=1S/C12H18O6S2/c1-4-10-6-5-7-11(9(2)3)12(10)16-20(14,15)8-19-18-17-13/h5-7,9,13H,4,8H2,1-3H3/p-1. The Hall–Kier alpha value is -0.800. The molecular weight excluding hydrogens is 304 g/mol. The first-order chi connectivity index (χ1) is 9.41. The summed E-state index contributed by atoms with van der Waals surface area (Å²) in [5, 5.41) is 12.2. The molecule has 0 aromatic heterocycles. The minimum atomic E-state index is -3.88. The molecule has 1 aromatic rings. The van der Waals surface area contributed by atoms with E-state index in [0.29, 0.717) is 24.2 Å². The maximum Gasteiger partial charge on any atom is 0.321 e. The summed E-state index contributed by atoms with van der Waals surface area (Å²) in [5.74, 6) is 0.481. The molecule has 0 saturated carbocycles. The van der Waals surface area contributed by atoms with E-state index in [1.165, 1.54) is 0 Å². The van der Waals surface area contributed by atoms with Gasteiger partial charge in [0.05, 0.1) is 12.0 Å². The van der Waals surface area contributed by atoms with Crippen molar-refractivity contribution in [3.8, 4) is 5.75 Å². The highest BCUT2D eigenvalue weighted by atomic mass is 32.3. The number of para-hydroxylation sites is 1. The average Bonchev–Trinajstić information content (AvgIpc) is 2.38. The van der Waals surface area contributed by atoms with Crippen molar-refractivity contribution in [1.29, 1.82) is 0 Å². The highest BCUT2D eigenvalue weighted by Gasteiger charge is 2.20. The average molecular weight is 321 g/mol. The number of rotatable bonds is 8. The largest absolute Gasteiger partial charge is 0.691 e. The first-order valence-electron chi connectivity index (χ1n) is 6.03. The second-order valence-corrected chi connectivity index (χ2v) is 6.95. The Morgan fingerprint density at radius 2 is 2.05 bits per heavy atom. The monoisotopic (exact) mass is 321 g/mol. The van der Waals surface area contributed by atoms with Crippen LogP contribution in [-0.2, 0) is 25.9 Å². The topological polar surface area (TPSA) is 84.9 Å². The maximum absolute atomic E-state index is 11.8. The van der Waals surface area contributed by atoms with Crippen molar-refractivity contribution in [1.82, 2.24) is 0 Å². The lowest BCUT2D eigenvalue weighted by Gasteiger charge is -2.16. The summed E-state index contributed by atoms with van der Waals surface area (Å²) in [6, 6.07) is 5.52. The SMILES string of the molecule is CCc1cccc(C(C)C)c1OS(=O)(=O)CSOO[O-]. The van der Waals surface area contributed by atoms with Crippen molar-refractivity contribution < 1.29 is 27.2 Å². The molecule has 0 atom stereocenters.